The number of rotatable bonds is 7. The Balaban J connectivity index is 1.38. The van der Waals surface area contributed by atoms with Crippen molar-refractivity contribution in [2.24, 2.45) is 0 Å². The number of carbonyl (C=O) groups excluding carboxylic acids is 2. The summed E-state index contributed by atoms with van der Waals surface area (Å²) in [5, 5.41) is 6.71. The third kappa shape index (κ3) is 4.76. The number of amides is 2. The Bertz CT molecular complexity index is 1030. The summed E-state index contributed by atoms with van der Waals surface area (Å²) in [4.78, 5) is 32.0. The van der Waals surface area contributed by atoms with Gasteiger partial charge in [0.1, 0.15) is 5.82 Å². The van der Waals surface area contributed by atoms with Crippen molar-refractivity contribution in [3.05, 3.63) is 71.8 Å². The number of fused-ring (bicyclic) bond motifs is 1. The number of carbonyl (C=O) groups is 2. The summed E-state index contributed by atoms with van der Waals surface area (Å²) >= 11 is 0. The van der Waals surface area contributed by atoms with Gasteiger partial charge >= 0.3 is 0 Å². The number of hydrogen-bond donors (Lipinski definition) is 2. The van der Waals surface area contributed by atoms with Gasteiger partial charge in [-0.2, -0.15) is 0 Å². The minimum atomic E-state index is -0.189. The van der Waals surface area contributed by atoms with Gasteiger partial charge in [-0.3, -0.25) is 9.59 Å². The first-order valence-corrected chi connectivity index (χ1v) is 10.4. The van der Waals surface area contributed by atoms with Gasteiger partial charge in [0.15, 0.2) is 0 Å². The lowest BCUT2D eigenvalue weighted by atomic mass is 10.1. The van der Waals surface area contributed by atoms with E-state index in [4.69, 9.17) is 4.98 Å². The molecular weight excluding hydrogens is 376 g/mol. The van der Waals surface area contributed by atoms with Crippen molar-refractivity contribution in [2.75, 3.05) is 24.5 Å². The Kier molecular flexibility index (Phi) is 6.23. The molecule has 0 saturated carbocycles. The molecule has 1 aliphatic rings. The van der Waals surface area contributed by atoms with Crippen LogP contribution in [0.3, 0.4) is 0 Å². The molecule has 0 aliphatic carbocycles. The van der Waals surface area contributed by atoms with Gasteiger partial charge in [-0.15, -0.1) is 0 Å². The number of aromatic nitrogens is 1. The molecule has 6 nitrogen and oxygen atoms in total. The molecule has 1 aromatic heterocycles. The average Bonchev–Trinajstić information content (AvgIpc) is 3.32. The van der Waals surface area contributed by atoms with E-state index in [0.717, 1.165) is 48.2 Å². The second kappa shape index (κ2) is 9.39. The number of benzene rings is 2. The zero-order valence-corrected chi connectivity index (χ0v) is 16.9. The molecule has 0 bridgehead atoms. The second-order valence-electron chi connectivity index (χ2n) is 7.51. The lowest BCUT2D eigenvalue weighted by Gasteiger charge is -2.20. The Hall–Kier alpha value is -3.41. The number of hydrogen-bond acceptors (Lipinski definition) is 4. The largest absolute Gasteiger partial charge is 0.356 e. The predicted molar refractivity (Wildman–Crippen MR) is 118 cm³/mol. The van der Waals surface area contributed by atoms with Crippen LogP contribution in [0.2, 0.25) is 0 Å². The topological polar surface area (TPSA) is 74.3 Å². The molecule has 30 heavy (non-hydrogen) atoms. The molecule has 6 heteroatoms. The molecule has 0 spiro atoms. The van der Waals surface area contributed by atoms with Crippen LogP contribution in [0, 0.1) is 0 Å². The van der Waals surface area contributed by atoms with Crippen molar-refractivity contribution in [3.63, 3.8) is 0 Å². The van der Waals surface area contributed by atoms with Crippen LogP contribution in [-0.4, -0.2) is 36.4 Å². The highest BCUT2D eigenvalue weighted by Gasteiger charge is 2.22. The molecule has 2 N–H and O–H groups in total. The first-order valence-electron chi connectivity index (χ1n) is 10.4. The Labute approximate surface area is 176 Å². The van der Waals surface area contributed by atoms with Gasteiger partial charge in [0, 0.05) is 38.0 Å². The van der Waals surface area contributed by atoms with Crippen molar-refractivity contribution in [2.45, 2.75) is 25.8 Å². The van der Waals surface area contributed by atoms with Gasteiger partial charge in [0.05, 0.1) is 11.1 Å². The van der Waals surface area contributed by atoms with E-state index in [9.17, 15) is 9.59 Å². The van der Waals surface area contributed by atoms with Crippen molar-refractivity contribution < 1.29 is 9.59 Å². The molecule has 0 atom stereocenters. The maximum absolute atomic E-state index is 12.9. The van der Waals surface area contributed by atoms with Gasteiger partial charge in [-0.05, 0) is 30.5 Å². The first kappa shape index (κ1) is 19.9. The molecule has 2 aromatic carbocycles. The van der Waals surface area contributed by atoms with Crippen LogP contribution >= 0.6 is 0 Å². The van der Waals surface area contributed by atoms with Gasteiger partial charge in [-0.1, -0.05) is 48.5 Å². The summed E-state index contributed by atoms with van der Waals surface area (Å²) in [6, 6.07) is 19.5. The van der Waals surface area contributed by atoms with Gasteiger partial charge in [-0.25, -0.2) is 4.98 Å². The zero-order chi connectivity index (χ0) is 20.8. The van der Waals surface area contributed by atoms with Crippen molar-refractivity contribution >= 4 is 28.5 Å². The van der Waals surface area contributed by atoms with E-state index in [-0.39, 0.29) is 24.8 Å². The summed E-state index contributed by atoms with van der Waals surface area (Å²) in [6.45, 7) is 2.59. The van der Waals surface area contributed by atoms with E-state index in [1.54, 1.807) is 0 Å². The number of nitrogens with one attached hydrogen (secondary N) is 2. The maximum atomic E-state index is 12.9. The Morgan fingerprint density at radius 1 is 0.933 bits per heavy atom. The lowest BCUT2D eigenvalue weighted by Crippen LogP contribution is -2.32. The monoisotopic (exact) mass is 402 g/mol. The molecule has 3 aromatic rings. The fraction of sp³-hybridized carbons (Fsp3) is 0.292. The first-order chi connectivity index (χ1) is 14.7. The molecule has 0 radical (unpaired) electrons. The minimum absolute atomic E-state index is 0.0874. The molecule has 2 amide bonds. The van der Waals surface area contributed by atoms with Crippen LogP contribution in [0.25, 0.3) is 10.9 Å². The lowest BCUT2D eigenvalue weighted by molar-refractivity contribution is -0.121. The van der Waals surface area contributed by atoms with Crippen LogP contribution in [0.1, 0.15) is 35.2 Å². The summed E-state index contributed by atoms with van der Waals surface area (Å²) < 4.78 is 0. The predicted octanol–water partition coefficient (Wildman–Crippen LogP) is 3.27. The van der Waals surface area contributed by atoms with E-state index in [2.05, 4.69) is 15.5 Å². The number of anilines is 1. The van der Waals surface area contributed by atoms with E-state index in [0.29, 0.717) is 12.1 Å². The van der Waals surface area contributed by atoms with Crippen LogP contribution < -0.4 is 15.5 Å². The molecule has 1 fully saturated rings. The Morgan fingerprint density at radius 3 is 2.47 bits per heavy atom. The van der Waals surface area contributed by atoms with Crippen molar-refractivity contribution in [1.29, 1.82) is 0 Å². The van der Waals surface area contributed by atoms with Crippen LogP contribution in [-0.2, 0) is 11.3 Å². The number of pyridine rings is 1. The molecule has 1 aliphatic heterocycles. The molecule has 1 saturated heterocycles. The number of para-hydroxylation sites is 1. The molecule has 0 unspecified atom stereocenters. The second-order valence-corrected chi connectivity index (χ2v) is 7.51. The van der Waals surface area contributed by atoms with Gasteiger partial charge < -0.3 is 15.5 Å². The van der Waals surface area contributed by atoms with Crippen molar-refractivity contribution in [1.82, 2.24) is 15.6 Å². The average molecular weight is 402 g/mol. The normalized spacial score (nSPS) is 13.4. The van der Waals surface area contributed by atoms with Gasteiger partial charge in [0.25, 0.3) is 5.91 Å². The SMILES string of the molecule is O=C(CCNC(=O)c1cc2ccccc2nc1N1CCCC1)NCc1ccccc1. The molecule has 2 heterocycles. The summed E-state index contributed by atoms with van der Waals surface area (Å²) in [7, 11) is 0. The van der Waals surface area contributed by atoms with Crippen molar-refractivity contribution in [3.8, 4) is 0 Å². The summed E-state index contributed by atoms with van der Waals surface area (Å²) in [5.74, 6) is 0.457. The minimum Gasteiger partial charge on any atom is -0.356 e. The summed E-state index contributed by atoms with van der Waals surface area (Å²) in [6.07, 6.45) is 2.45. The highest BCUT2D eigenvalue weighted by molar-refractivity contribution is 6.02. The molecule has 154 valence electrons. The number of nitrogens with zero attached hydrogens (tertiary/aromatic N) is 2. The Morgan fingerprint density at radius 2 is 1.67 bits per heavy atom. The molecular formula is C24H26N4O2. The van der Waals surface area contributed by atoms with E-state index in [1.807, 2.05) is 60.7 Å². The van der Waals surface area contributed by atoms with Crippen LogP contribution in [0.4, 0.5) is 5.82 Å². The highest BCUT2D eigenvalue weighted by atomic mass is 16.2. The van der Waals surface area contributed by atoms with Gasteiger partial charge in [0.2, 0.25) is 5.91 Å². The highest BCUT2D eigenvalue weighted by Crippen LogP contribution is 2.26. The van der Waals surface area contributed by atoms with E-state index >= 15 is 0 Å². The quantitative estimate of drug-likeness (QED) is 0.636. The zero-order valence-electron chi connectivity index (χ0n) is 16.9. The fourth-order valence-corrected chi connectivity index (χ4v) is 3.71. The van der Waals surface area contributed by atoms with Crippen LogP contribution in [0.15, 0.2) is 60.7 Å². The molecule has 4 rings (SSSR count). The third-order valence-electron chi connectivity index (χ3n) is 5.32. The standard InChI is InChI=1S/C24H26N4O2/c29-22(26-17-18-8-2-1-3-9-18)12-13-25-24(30)20-16-19-10-4-5-11-21(19)27-23(20)28-14-6-7-15-28/h1-5,8-11,16H,6-7,12-15,17H2,(H,25,30)(H,26,29). The fourth-order valence-electron chi connectivity index (χ4n) is 3.71. The maximum Gasteiger partial charge on any atom is 0.255 e. The smallest absolute Gasteiger partial charge is 0.255 e. The van der Waals surface area contributed by atoms with E-state index < -0.39 is 0 Å². The third-order valence-corrected chi connectivity index (χ3v) is 5.32. The van der Waals surface area contributed by atoms with Crippen LogP contribution in [0.5, 0.6) is 0 Å². The van der Waals surface area contributed by atoms with E-state index in [1.165, 1.54) is 0 Å². The summed E-state index contributed by atoms with van der Waals surface area (Å²) in [5.41, 5.74) is 2.50.